The highest BCUT2D eigenvalue weighted by Crippen LogP contribution is 2.39. The van der Waals surface area contributed by atoms with Crippen molar-refractivity contribution in [3.8, 4) is 5.75 Å². The van der Waals surface area contributed by atoms with Gasteiger partial charge in [-0.05, 0) is 42.9 Å². The van der Waals surface area contributed by atoms with Gasteiger partial charge in [0.15, 0.2) is 6.61 Å². The number of rotatable bonds is 6. The van der Waals surface area contributed by atoms with Crippen molar-refractivity contribution in [3.63, 3.8) is 0 Å². The molecule has 3 rings (SSSR count). The maximum Gasteiger partial charge on any atom is 0.341 e. The van der Waals surface area contributed by atoms with Crippen LogP contribution in [0.2, 0.25) is 0 Å². The van der Waals surface area contributed by atoms with E-state index in [1.54, 1.807) is 0 Å². The molecule has 1 aliphatic rings. The number of benzene rings is 1. The molecular formula is C19H21NO4S. The molecule has 1 aromatic heterocycles. The number of para-hydroxylation sites is 1. The molecule has 0 fully saturated rings. The minimum Gasteiger partial charge on any atom is -0.483 e. The normalized spacial score (nSPS) is 12.6. The fourth-order valence-corrected chi connectivity index (χ4v) is 4.35. The van der Waals surface area contributed by atoms with E-state index in [9.17, 15) is 9.59 Å². The van der Waals surface area contributed by atoms with Gasteiger partial charge in [0.25, 0.3) is 5.91 Å². The summed E-state index contributed by atoms with van der Waals surface area (Å²) in [6, 6.07) is 7.66. The van der Waals surface area contributed by atoms with Crippen molar-refractivity contribution in [1.82, 2.24) is 0 Å². The predicted molar refractivity (Wildman–Crippen MR) is 97.6 cm³/mol. The van der Waals surface area contributed by atoms with Crippen LogP contribution in [0.25, 0.3) is 0 Å². The van der Waals surface area contributed by atoms with Crippen LogP contribution in [0.1, 0.15) is 39.7 Å². The number of methoxy groups -OCH3 is 1. The number of hydrogen-bond donors (Lipinski definition) is 1. The number of ether oxygens (including phenoxy) is 2. The Morgan fingerprint density at radius 1 is 1.24 bits per heavy atom. The number of fused-ring (bicyclic) bond motifs is 1. The smallest absolute Gasteiger partial charge is 0.341 e. The van der Waals surface area contributed by atoms with Gasteiger partial charge < -0.3 is 14.8 Å². The summed E-state index contributed by atoms with van der Waals surface area (Å²) >= 11 is 1.46. The van der Waals surface area contributed by atoms with Crippen LogP contribution in [-0.4, -0.2) is 25.6 Å². The maximum atomic E-state index is 12.3. The lowest BCUT2D eigenvalue weighted by atomic mass is 10.1. The minimum absolute atomic E-state index is 0.0970. The van der Waals surface area contributed by atoms with Gasteiger partial charge in [0.2, 0.25) is 0 Å². The van der Waals surface area contributed by atoms with Crippen LogP contribution in [0.15, 0.2) is 24.3 Å². The van der Waals surface area contributed by atoms with Gasteiger partial charge in [-0.2, -0.15) is 0 Å². The number of nitrogens with one attached hydrogen (secondary N) is 1. The summed E-state index contributed by atoms with van der Waals surface area (Å²) in [6.45, 7) is 1.94. The molecule has 0 saturated heterocycles. The lowest BCUT2D eigenvalue weighted by Gasteiger charge is -2.11. The fourth-order valence-electron chi connectivity index (χ4n) is 3.05. The molecule has 1 N–H and O–H groups in total. The lowest BCUT2D eigenvalue weighted by Crippen LogP contribution is -2.21. The SMILES string of the molecule is CCc1ccccc1OCC(=O)Nc1sc2c(c1C(=O)OC)CCC2. The quantitative estimate of drug-likeness (QED) is 0.801. The van der Waals surface area contributed by atoms with Crippen LogP contribution in [0, 0.1) is 0 Å². The maximum absolute atomic E-state index is 12.3. The first kappa shape index (κ1) is 17.5. The molecule has 0 bridgehead atoms. The average Bonchev–Trinajstić information content (AvgIpc) is 3.20. The van der Waals surface area contributed by atoms with Gasteiger partial charge in [0.05, 0.1) is 12.7 Å². The molecule has 1 heterocycles. The number of amides is 1. The number of anilines is 1. The molecule has 25 heavy (non-hydrogen) atoms. The second kappa shape index (κ2) is 7.70. The third-order valence-electron chi connectivity index (χ3n) is 4.28. The molecule has 0 unspecified atom stereocenters. The molecule has 0 saturated carbocycles. The molecule has 6 heteroatoms. The van der Waals surface area contributed by atoms with Crippen LogP contribution in [-0.2, 0) is 28.8 Å². The van der Waals surface area contributed by atoms with Gasteiger partial charge in [0.1, 0.15) is 10.8 Å². The monoisotopic (exact) mass is 359 g/mol. The van der Waals surface area contributed by atoms with E-state index in [1.807, 2.05) is 31.2 Å². The summed E-state index contributed by atoms with van der Waals surface area (Å²) in [6.07, 6.45) is 3.67. The molecular weight excluding hydrogens is 338 g/mol. The Morgan fingerprint density at radius 2 is 2.04 bits per heavy atom. The second-order valence-corrected chi connectivity index (χ2v) is 6.96. The van der Waals surface area contributed by atoms with Crippen LogP contribution >= 0.6 is 11.3 Å². The summed E-state index contributed by atoms with van der Waals surface area (Å²) in [5.74, 6) is 0.0324. The van der Waals surface area contributed by atoms with Crippen LogP contribution in [0.3, 0.4) is 0 Å². The second-order valence-electron chi connectivity index (χ2n) is 5.85. The number of hydrogen-bond acceptors (Lipinski definition) is 5. The molecule has 2 aromatic rings. The highest BCUT2D eigenvalue weighted by molar-refractivity contribution is 7.17. The van der Waals surface area contributed by atoms with E-state index in [2.05, 4.69) is 5.32 Å². The molecule has 132 valence electrons. The van der Waals surface area contributed by atoms with Crippen molar-refractivity contribution in [2.75, 3.05) is 19.0 Å². The molecule has 5 nitrogen and oxygen atoms in total. The van der Waals surface area contributed by atoms with Crippen molar-refractivity contribution in [2.45, 2.75) is 32.6 Å². The fraction of sp³-hybridized carbons (Fsp3) is 0.368. The zero-order chi connectivity index (χ0) is 17.8. The van der Waals surface area contributed by atoms with Crippen molar-refractivity contribution in [1.29, 1.82) is 0 Å². The molecule has 1 aliphatic carbocycles. The summed E-state index contributed by atoms with van der Waals surface area (Å²) in [5.41, 5.74) is 2.58. The first-order valence-corrected chi connectivity index (χ1v) is 9.19. The highest BCUT2D eigenvalue weighted by Gasteiger charge is 2.28. The number of thiophene rings is 1. The molecule has 0 spiro atoms. The van der Waals surface area contributed by atoms with Crippen LogP contribution in [0.5, 0.6) is 5.75 Å². The van der Waals surface area contributed by atoms with Crippen LogP contribution < -0.4 is 10.1 Å². The summed E-state index contributed by atoms with van der Waals surface area (Å²) in [7, 11) is 1.36. The Hall–Kier alpha value is -2.34. The summed E-state index contributed by atoms with van der Waals surface area (Å²) in [5, 5.41) is 3.38. The Balaban J connectivity index is 1.70. The standard InChI is InChI=1S/C19H21NO4S/c1-3-12-7-4-5-9-14(12)24-11-16(21)20-18-17(19(22)23-2)13-8-6-10-15(13)25-18/h4-5,7,9H,3,6,8,10-11H2,1-2H3,(H,20,21). The van der Waals surface area contributed by atoms with E-state index in [4.69, 9.17) is 9.47 Å². The number of carbonyl (C=O) groups excluding carboxylic acids is 2. The van der Waals surface area contributed by atoms with Crippen molar-refractivity contribution < 1.29 is 19.1 Å². The van der Waals surface area contributed by atoms with E-state index >= 15 is 0 Å². The lowest BCUT2D eigenvalue weighted by molar-refractivity contribution is -0.118. The summed E-state index contributed by atoms with van der Waals surface area (Å²) < 4.78 is 10.5. The minimum atomic E-state index is -0.396. The molecule has 1 amide bonds. The van der Waals surface area contributed by atoms with Crippen LogP contribution in [0.4, 0.5) is 5.00 Å². The number of carbonyl (C=O) groups is 2. The van der Waals surface area contributed by atoms with E-state index in [0.717, 1.165) is 41.7 Å². The zero-order valence-electron chi connectivity index (χ0n) is 14.4. The van der Waals surface area contributed by atoms with Crippen molar-refractivity contribution in [2.24, 2.45) is 0 Å². The zero-order valence-corrected chi connectivity index (χ0v) is 15.2. The third kappa shape index (κ3) is 3.69. The van der Waals surface area contributed by atoms with E-state index < -0.39 is 5.97 Å². The first-order valence-electron chi connectivity index (χ1n) is 8.37. The van der Waals surface area contributed by atoms with Crippen molar-refractivity contribution in [3.05, 3.63) is 45.8 Å². The van der Waals surface area contributed by atoms with E-state index in [1.165, 1.54) is 18.4 Å². The van der Waals surface area contributed by atoms with Gasteiger partial charge in [-0.3, -0.25) is 4.79 Å². The predicted octanol–water partition coefficient (Wildman–Crippen LogP) is 3.60. The molecule has 0 aliphatic heterocycles. The van der Waals surface area contributed by atoms with Gasteiger partial charge in [-0.1, -0.05) is 25.1 Å². The van der Waals surface area contributed by atoms with Gasteiger partial charge in [-0.25, -0.2) is 4.79 Å². The third-order valence-corrected chi connectivity index (χ3v) is 5.48. The Kier molecular flexibility index (Phi) is 5.38. The largest absolute Gasteiger partial charge is 0.483 e. The topological polar surface area (TPSA) is 64.6 Å². The molecule has 0 radical (unpaired) electrons. The highest BCUT2D eigenvalue weighted by atomic mass is 32.1. The van der Waals surface area contributed by atoms with Gasteiger partial charge in [0, 0.05) is 4.88 Å². The van der Waals surface area contributed by atoms with Crippen molar-refractivity contribution >= 4 is 28.2 Å². The van der Waals surface area contributed by atoms with Gasteiger partial charge in [-0.15, -0.1) is 11.3 Å². The molecule has 0 atom stereocenters. The number of esters is 1. The number of aryl methyl sites for hydroxylation is 2. The Labute approximate surface area is 151 Å². The average molecular weight is 359 g/mol. The Bertz CT molecular complexity index is 797. The molecule has 1 aromatic carbocycles. The summed E-state index contributed by atoms with van der Waals surface area (Å²) in [4.78, 5) is 25.6. The van der Waals surface area contributed by atoms with E-state index in [-0.39, 0.29) is 12.5 Å². The van der Waals surface area contributed by atoms with Gasteiger partial charge >= 0.3 is 5.97 Å². The first-order chi connectivity index (χ1) is 12.1. The Morgan fingerprint density at radius 3 is 2.80 bits per heavy atom. The van der Waals surface area contributed by atoms with E-state index in [0.29, 0.717) is 16.3 Å².